The number of nitrogens with zero attached hydrogens (tertiary/aromatic N) is 2. The summed E-state index contributed by atoms with van der Waals surface area (Å²) < 4.78 is 35.7. The van der Waals surface area contributed by atoms with Crippen LogP contribution in [-0.2, 0) is 0 Å². The maximum Gasteiger partial charge on any atom is 0.387 e. The van der Waals surface area contributed by atoms with Crippen molar-refractivity contribution in [3.63, 3.8) is 0 Å². The summed E-state index contributed by atoms with van der Waals surface area (Å²) in [5, 5.41) is 4.65. The van der Waals surface area contributed by atoms with E-state index in [1.54, 1.807) is 12.1 Å². The van der Waals surface area contributed by atoms with Crippen molar-refractivity contribution < 1.29 is 18.3 Å². The van der Waals surface area contributed by atoms with Gasteiger partial charge in [-0.2, -0.15) is 13.9 Å². The second kappa shape index (κ2) is 7.22. The molecule has 5 nitrogen and oxygen atoms in total. The zero-order valence-electron chi connectivity index (χ0n) is 12.6. The second-order valence-corrected chi connectivity index (χ2v) is 5.64. The number of aromatic nitrogens is 1. The van der Waals surface area contributed by atoms with Crippen molar-refractivity contribution in [2.75, 3.05) is 12.5 Å². The molecule has 0 atom stereocenters. The average Bonchev–Trinajstić information content (AvgIpc) is 2.98. The first kappa shape index (κ1) is 16.1. The number of anilines is 1. The molecule has 1 aromatic heterocycles. The molecule has 0 spiro atoms. The molecule has 0 fully saturated rings. The van der Waals surface area contributed by atoms with Crippen LogP contribution in [0.15, 0.2) is 47.6 Å². The third-order valence-electron chi connectivity index (χ3n) is 3.09. The summed E-state index contributed by atoms with van der Waals surface area (Å²) in [6.45, 7) is -2.95. The number of para-hydroxylation sites is 2. The fraction of sp³-hybridized carbons (Fsp3) is 0.125. The van der Waals surface area contributed by atoms with E-state index in [2.05, 4.69) is 20.2 Å². The van der Waals surface area contributed by atoms with Crippen LogP contribution in [0.4, 0.5) is 13.9 Å². The lowest BCUT2D eigenvalue weighted by Gasteiger charge is -2.11. The molecule has 3 aromatic rings. The number of hydrogen-bond acceptors (Lipinski definition) is 6. The van der Waals surface area contributed by atoms with E-state index in [0.717, 1.165) is 10.2 Å². The summed E-state index contributed by atoms with van der Waals surface area (Å²) in [4.78, 5) is 4.37. The van der Waals surface area contributed by atoms with Gasteiger partial charge in [0.05, 0.1) is 23.5 Å². The predicted molar refractivity (Wildman–Crippen MR) is 90.5 cm³/mol. The van der Waals surface area contributed by atoms with Gasteiger partial charge < -0.3 is 9.47 Å². The second-order valence-electron chi connectivity index (χ2n) is 4.61. The monoisotopic (exact) mass is 349 g/mol. The topological polar surface area (TPSA) is 55.7 Å². The highest BCUT2D eigenvalue weighted by atomic mass is 32.1. The van der Waals surface area contributed by atoms with Gasteiger partial charge in [0, 0.05) is 5.56 Å². The molecule has 0 aliphatic carbocycles. The number of benzene rings is 2. The Morgan fingerprint density at radius 1 is 1.21 bits per heavy atom. The number of nitrogens with one attached hydrogen (secondary N) is 1. The summed E-state index contributed by atoms with van der Waals surface area (Å²) >= 11 is 1.44. The van der Waals surface area contributed by atoms with Crippen molar-refractivity contribution >= 4 is 32.9 Å². The number of alkyl halides is 2. The van der Waals surface area contributed by atoms with Gasteiger partial charge in [-0.15, -0.1) is 0 Å². The molecule has 1 N–H and O–H groups in total. The van der Waals surface area contributed by atoms with E-state index in [-0.39, 0.29) is 11.5 Å². The zero-order chi connectivity index (χ0) is 16.9. The third kappa shape index (κ3) is 3.60. The van der Waals surface area contributed by atoms with Gasteiger partial charge in [-0.05, 0) is 24.3 Å². The Morgan fingerprint density at radius 2 is 2.04 bits per heavy atom. The molecule has 0 unspecified atom stereocenters. The van der Waals surface area contributed by atoms with Crippen molar-refractivity contribution in [1.29, 1.82) is 0 Å². The van der Waals surface area contributed by atoms with Gasteiger partial charge in [0.25, 0.3) is 0 Å². The van der Waals surface area contributed by atoms with Gasteiger partial charge in [-0.25, -0.2) is 4.98 Å². The first-order chi connectivity index (χ1) is 11.7. The molecule has 0 aliphatic rings. The average molecular weight is 349 g/mol. The summed E-state index contributed by atoms with van der Waals surface area (Å²) in [7, 11) is 1.38. The standard InChI is InChI=1S/C16H13F2N3O2S/c1-22-12-7-4-5-10(14(12)23-15(17)18)9-19-21-16-20-11-6-2-3-8-13(11)24-16/h2-9,15H,1H3,(H,20,21)/b19-9-. The van der Waals surface area contributed by atoms with E-state index in [1.165, 1.54) is 30.7 Å². The Labute approximate surface area is 140 Å². The molecular formula is C16H13F2N3O2S. The third-order valence-corrected chi connectivity index (χ3v) is 4.03. The Kier molecular flexibility index (Phi) is 4.85. The summed E-state index contributed by atoms with van der Waals surface area (Å²) in [5.74, 6) is 0.143. The van der Waals surface area contributed by atoms with Crippen LogP contribution >= 0.6 is 11.3 Å². The lowest BCUT2D eigenvalue weighted by atomic mass is 10.2. The largest absolute Gasteiger partial charge is 0.493 e. The highest BCUT2D eigenvalue weighted by Gasteiger charge is 2.14. The summed E-state index contributed by atoms with van der Waals surface area (Å²) in [6.07, 6.45) is 1.38. The van der Waals surface area contributed by atoms with Gasteiger partial charge >= 0.3 is 6.61 Å². The number of rotatable bonds is 6. The van der Waals surface area contributed by atoms with E-state index >= 15 is 0 Å². The van der Waals surface area contributed by atoms with E-state index in [9.17, 15) is 8.78 Å². The molecule has 0 saturated heterocycles. The zero-order valence-corrected chi connectivity index (χ0v) is 13.4. The number of hydrazone groups is 1. The molecule has 0 radical (unpaired) electrons. The smallest absolute Gasteiger partial charge is 0.387 e. The van der Waals surface area contributed by atoms with E-state index in [0.29, 0.717) is 10.7 Å². The molecule has 124 valence electrons. The van der Waals surface area contributed by atoms with Crippen molar-refractivity contribution in [3.05, 3.63) is 48.0 Å². The molecular weight excluding hydrogens is 336 g/mol. The van der Waals surface area contributed by atoms with Crippen molar-refractivity contribution in [3.8, 4) is 11.5 Å². The van der Waals surface area contributed by atoms with Gasteiger partial charge in [0.1, 0.15) is 0 Å². The molecule has 0 saturated carbocycles. The van der Waals surface area contributed by atoms with E-state index in [4.69, 9.17) is 4.74 Å². The Bertz CT molecular complexity index is 834. The fourth-order valence-electron chi connectivity index (χ4n) is 2.09. The maximum atomic E-state index is 12.6. The first-order valence-electron chi connectivity index (χ1n) is 6.94. The number of ether oxygens (including phenoxy) is 2. The van der Waals surface area contributed by atoms with Crippen LogP contribution < -0.4 is 14.9 Å². The van der Waals surface area contributed by atoms with Crippen molar-refractivity contribution in [2.24, 2.45) is 5.10 Å². The predicted octanol–water partition coefficient (Wildman–Crippen LogP) is 4.35. The fourth-order valence-corrected chi connectivity index (χ4v) is 2.90. The van der Waals surface area contributed by atoms with Crippen LogP contribution in [0, 0.1) is 0 Å². The lowest BCUT2D eigenvalue weighted by molar-refractivity contribution is -0.0513. The minimum absolute atomic E-state index is 0.0650. The van der Waals surface area contributed by atoms with E-state index in [1.807, 2.05) is 24.3 Å². The van der Waals surface area contributed by atoms with Gasteiger partial charge in [0.2, 0.25) is 5.13 Å². The maximum absolute atomic E-state index is 12.6. The molecule has 0 aliphatic heterocycles. The number of thiazole rings is 1. The normalized spacial score (nSPS) is 11.3. The van der Waals surface area contributed by atoms with Crippen molar-refractivity contribution in [1.82, 2.24) is 4.98 Å². The van der Waals surface area contributed by atoms with Crippen molar-refractivity contribution in [2.45, 2.75) is 6.61 Å². The van der Waals surface area contributed by atoms with Crippen LogP contribution in [0.3, 0.4) is 0 Å². The van der Waals surface area contributed by atoms with Crippen LogP contribution in [0.2, 0.25) is 0 Å². The first-order valence-corrected chi connectivity index (χ1v) is 7.75. The number of methoxy groups -OCH3 is 1. The summed E-state index contributed by atoms with van der Waals surface area (Å²) in [5.41, 5.74) is 4.02. The van der Waals surface area contributed by atoms with Gasteiger partial charge in [0.15, 0.2) is 11.5 Å². The SMILES string of the molecule is COc1cccc(/C=N\Nc2nc3ccccc3s2)c1OC(F)F. The number of fused-ring (bicyclic) bond motifs is 1. The number of hydrogen-bond donors (Lipinski definition) is 1. The molecule has 8 heteroatoms. The highest BCUT2D eigenvalue weighted by molar-refractivity contribution is 7.22. The molecule has 0 bridgehead atoms. The summed E-state index contributed by atoms with van der Waals surface area (Å²) in [6, 6.07) is 12.5. The molecule has 1 heterocycles. The molecule has 0 amide bonds. The van der Waals surface area contributed by atoms with E-state index < -0.39 is 6.61 Å². The van der Waals surface area contributed by atoms with Crippen LogP contribution in [-0.4, -0.2) is 24.9 Å². The molecule has 24 heavy (non-hydrogen) atoms. The lowest BCUT2D eigenvalue weighted by Crippen LogP contribution is -2.06. The number of halogens is 2. The van der Waals surface area contributed by atoms with Crippen LogP contribution in [0.25, 0.3) is 10.2 Å². The highest BCUT2D eigenvalue weighted by Crippen LogP contribution is 2.31. The Morgan fingerprint density at radius 3 is 2.79 bits per heavy atom. The van der Waals surface area contributed by atoms with Gasteiger partial charge in [-0.3, -0.25) is 5.43 Å². The van der Waals surface area contributed by atoms with Crippen LogP contribution in [0.5, 0.6) is 11.5 Å². The van der Waals surface area contributed by atoms with Gasteiger partial charge in [-0.1, -0.05) is 29.5 Å². The molecule has 2 aromatic carbocycles. The molecule has 3 rings (SSSR count). The van der Waals surface area contributed by atoms with Crippen LogP contribution in [0.1, 0.15) is 5.56 Å². The Hall–Kier alpha value is -2.74. The minimum atomic E-state index is -2.95. The minimum Gasteiger partial charge on any atom is -0.493 e. The quantitative estimate of drug-likeness (QED) is 0.531. The Balaban J connectivity index is 1.80.